The lowest BCUT2D eigenvalue weighted by molar-refractivity contribution is -0.143. The van der Waals surface area contributed by atoms with Crippen LogP contribution in [0.2, 0.25) is 10.0 Å². The number of fused-ring (bicyclic) bond motifs is 1. The van der Waals surface area contributed by atoms with E-state index in [0.717, 1.165) is 47.6 Å². The van der Waals surface area contributed by atoms with E-state index in [2.05, 4.69) is 5.32 Å². The van der Waals surface area contributed by atoms with Crippen LogP contribution in [0.15, 0.2) is 91.0 Å². The Hall–Kier alpha value is -3.54. The number of ether oxygens (including phenoxy) is 1. The summed E-state index contributed by atoms with van der Waals surface area (Å²) in [4.78, 5) is 29.5. The number of halogens is 2. The van der Waals surface area contributed by atoms with Crippen molar-refractivity contribution in [2.45, 2.75) is 57.2 Å². The van der Waals surface area contributed by atoms with E-state index >= 15 is 0 Å². The standard InChI is InChI=1S/C34H34Cl2N2O3/c35-29-19-18-25(20-30(29)36)22-38(33(39)23-41-32-17-9-13-26-12-7-8-16-28(26)32)31(21-24-10-3-1-4-11-24)34(40)37-27-14-5-2-6-15-27/h1,3-4,7-13,16-20,27,31H,2,5-6,14-15,21-23H2,(H,37,40)/t31-/m0/s1. The predicted octanol–water partition coefficient (Wildman–Crippen LogP) is 7.61. The van der Waals surface area contributed by atoms with Crippen molar-refractivity contribution >= 4 is 45.8 Å². The highest BCUT2D eigenvalue weighted by atomic mass is 35.5. The van der Waals surface area contributed by atoms with Crippen LogP contribution in [0.1, 0.15) is 43.2 Å². The van der Waals surface area contributed by atoms with Crippen LogP contribution in [0, 0.1) is 0 Å². The molecule has 41 heavy (non-hydrogen) atoms. The van der Waals surface area contributed by atoms with Gasteiger partial charge in [0.15, 0.2) is 6.61 Å². The fourth-order valence-corrected chi connectivity index (χ4v) is 5.80. The molecule has 1 saturated carbocycles. The Kier molecular flexibility index (Phi) is 9.81. The summed E-state index contributed by atoms with van der Waals surface area (Å²) < 4.78 is 6.10. The van der Waals surface area contributed by atoms with Crippen LogP contribution < -0.4 is 10.1 Å². The maximum Gasteiger partial charge on any atom is 0.261 e. The Bertz CT molecular complexity index is 1480. The van der Waals surface area contributed by atoms with Crippen LogP contribution in [0.3, 0.4) is 0 Å². The molecule has 5 rings (SSSR count). The Morgan fingerprint density at radius 1 is 0.829 bits per heavy atom. The van der Waals surface area contributed by atoms with Gasteiger partial charge < -0.3 is 15.0 Å². The summed E-state index contributed by atoms with van der Waals surface area (Å²) >= 11 is 12.5. The third kappa shape index (κ3) is 7.60. The molecule has 0 aromatic heterocycles. The summed E-state index contributed by atoms with van der Waals surface area (Å²) in [6, 6.07) is 28.1. The van der Waals surface area contributed by atoms with Gasteiger partial charge in [0, 0.05) is 24.4 Å². The molecule has 2 amide bonds. The van der Waals surface area contributed by atoms with Gasteiger partial charge in [0.1, 0.15) is 11.8 Å². The molecule has 7 heteroatoms. The lowest BCUT2D eigenvalue weighted by Gasteiger charge is -2.33. The predicted molar refractivity (Wildman–Crippen MR) is 165 cm³/mol. The van der Waals surface area contributed by atoms with Gasteiger partial charge in [-0.1, -0.05) is 115 Å². The molecule has 0 aliphatic heterocycles. The molecule has 0 radical (unpaired) electrons. The van der Waals surface area contributed by atoms with Crippen molar-refractivity contribution in [2.75, 3.05) is 6.61 Å². The first-order valence-corrected chi connectivity index (χ1v) is 14.9. The van der Waals surface area contributed by atoms with Crippen LogP contribution in [0.4, 0.5) is 0 Å². The Balaban J connectivity index is 1.45. The van der Waals surface area contributed by atoms with Crippen LogP contribution in [-0.2, 0) is 22.6 Å². The van der Waals surface area contributed by atoms with Crippen molar-refractivity contribution in [3.8, 4) is 5.75 Å². The third-order valence-electron chi connectivity index (χ3n) is 7.66. The monoisotopic (exact) mass is 588 g/mol. The van der Waals surface area contributed by atoms with Gasteiger partial charge in [0.05, 0.1) is 10.0 Å². The molecule has 4 aromatic rings. The number of carbonyl (C=O) groups excluding carboxylic acids is 2. The fraction of sp³-hybridized carbons (Fsp3) is 0.294. The second-order valence-electron chi connectivity index (χ2n) is 10.6. The van der Waals surface area contributed by atoms with Crippen molar-refractivity contribution < 1.29 is 14.3 Å². The highest BCUT2D eigenvalue weighted by Crippen LogP contribution is 2.27. The van der Waals surface area contributed by atoms with E-state index in [4.69, 9.17) is 27.9 Å². The number of amides is 2. The first-order chi connectivity index (χ1) is 20.0. The molecular formula is C34H34Cl2N2O3. The summed E-state index contributed by atoms with van der Waals surface area (Å²) in [5, 5.41) is 6.04. The van der Waals surface area contributed by atoms with E-state index in [1.165, 1.54) is 6.42 Å². The van der Waals surface area contributed by atoms with Crippen LogP contribution >= 0.6 is 23.2 Å². The Labute approximate surface area is 251 Å². The topological polar surface area (TPSA) is 58.6 Å². The second-order valence-corrected chi connectivity index (χ2v) is 11.4. The number of hydrogen-bond donors (Lipinski definition) is 1. The highest BCUT2D eigenvalue weighted by molar-refractivity contribution is 6.42. The summed E-state index contributed by atoms with van der Waals surface area (Å²) in [6.45, 7) is -0.0263. The van der Waals surface area contributed by atoms with Crippen molar-refractivity contribution in [1.29, 1.82) is 0 Å². The first kappa shape index (κ1) is 29.0. The van der Waals surface area contributed by atoms with Gasteiger partial charge in [-0.15, -0.1) is 0 Å². The lowest BCUT2D eigenvalue weighted by Crippen LogP contribution is -2.53. The number of benzene rings is 4. The van der Waals surface area contributed by atoms with Crippen molar-refractivity contribution in [3.05, 3.63) is 112 Å². The van der Waals surface area contributed by atoms with Gasteiger partial charge in [0.25, 0.3) is 5.91 Å². The smallest absolute Gasteiger partial charge is 0.261 e. The minimum atomic E-state index is -0.739. The zero-order valence-corrected chi connectivity index (χ0v) is 24.4. The van der Waals surface area contributed by atoms with E-state index in [1.54, 1.807) is 17.0 Å². The number of hydrogen-bond acceptors (Lipinski definition) is 3. The quantitative estimate of drug-likeness (QED) is 0.207. The zero-order valence-electron chi connectivity index (χ0n) is 22.9. The van der Waals surface area contributed by atoms with Gasteiger partial charge in [-0.2, -0.15) is 0 Å². The lowest BCUT2D eigenvalue weighted by atomic mass is 9.94. The van der Waals surface area contributed by atoms with E-state index in [0.29, 0.717) is 22.2 Å². The van der Waals surface area contributed by atoms with Crippen LogP contribution in [-0.4, -0.2) is 35.4 Å². The molecular weight excluding hydrogens is 555 g/mol. The Morgan fingerprint density at radius 2 is 1.56 bits per heavy atom. The van der Waals surface area contributed by atoms with Gasteiger partial charge in [-0.25, -0.2) is 0 Å². The molecule has 0 heterocycles. The SMILES string of the molecule is O=C(NC1CCCCC1)[C@H](Cc1ccccc1)N(Cc1ccc(Cl)c(Cl)c1)C(=O)COc1cccc2ccccc12. The molecule has 1 fully saturated rings. The minimum Gasteiger partial charge on any atom is -0.483 e. The van der Waals surface area contributed by atoms with E-state index in [1.807, 2.05) is 78.9 Å². The number of nitrogens with zero attached hydrogens (tertiary/aromatic N) is 1. The molecule has 0 spiro atoms. The number of carbonyl (C=O) groups is 2. The average molecular weight is 590 g/mol. The zero-order chi connectivity index (χ0) is 28.6. The van der Waals surface area contributed by atoms with Crippen LogP contribution in [0.25, 0.3) is 10.8 Å². The van der Waals surface area contributed by atoms with E-state index < -0.39 is 6.04 Å². The van der Waals surface area contributed by atoms with Gasteiger partial charge in [-0.05, 0) is 47.6 Å². The largest absolute Gasteiger partial charge is 0.483 e. The fourth-order valence-electron chi connectivity index (χ4n) is 5.48. The molecule has 4 aromatic carbocycles. The van der Waals surface area contributed by atoms with E-state index in [-0.39, 0.29) is 31.0 Å². The molecule has 1 N–H and O–H groups in total. The summed E-state index contributed by atoms with van der Waals surface area (Å²) in [6.07, 6.45) is 5.66. The molecule has 1 aliphatic rings. The van der Waals surface area contributed by atoms with Gasteiger partial charge >= 0.3 is 0 Å². The minimum absolute atomic E-state index is 0.114. The second kappa shape index (κ2) is 13.9. The van der Waals surface area contributed by atoms with Crippen molar-refractivity contribution in [1.82, 2.24) is 10.2 Å². The first-order valence-electron chi connectivity index (χ1n) is 14.2. The molecule has 0 unspecified atom stereocenters. The maximum absolute atomic E-state index is 14.0. The van der Waals surface area contributed by atoms with E-state index in [9.17, 15) is 9.59 Å². The maximum atomic E-state index is 14.0. The summed E-state index contributed by atoms with van der Waals surface area (Å²) in [7, 11) is 0. The van der Waals surface area contributed by atoms with Crippen molar-refractivity contribution in [3.63, 3.8) is 0 Å². The third-order valence-corrected chi connectivity index (χ3v) is 8.40. The number of nitrogens with one attached hydrogen (secondary N) is 1. The molecule has 1 atom stereocenters. The van der Waals surface area contributed by atoms with Gasteiger partial charge in [0.2, 0.25) is 5.91 Å². The molecule has 212 valence electrons. The Morgan fingerprint density at radius 3 is 2.34 bits per heavy atom. The normalized spacial score (nSPS) is 14.4. The average Bonchev–Trinajstić information content (AvgIpc) is 3.00. The highest BCUT2D eigenvalue weighted by Gasteiger charge is 2.32. The number of rotatable bonds is 10. The molecule has 0 saturated heterocycles. The summed E-state index contributed by atoms with van der Waals surface area (Å²) in [5.74, 6) is 0.181. The van der Waals surface area contributed by atoms with Crippen molar-refractivity contribution in [2.24, 2.45) is 0 Å². The molecule has 0 bridgehead atoms. The molecule has 5 nitrogen and oxygen atoms in total. The van der Waals surface area contributed by atoms with Crippen LogP contribution in [0.5, 0.6) is 5.75 Å². The van der Waals surface area contributed by atoms with Gasteiger partial charge in [-0.3, -0.25) is 9.59 Å². The molecule has 1 aliphatic carbocycles. The summed E-state index contributed by atoms with van der Waals surface area (Å²) in [5.41, 5.74) is 1.75.